The fraction of sp³-hybridized carbons (Fsp3) is 0.200. The third-order valence-corrected chi connectivity index (χ3v) is 1.29. The van der Waals surface area contributed by atoms with Crippen LogP contribution in [0.5, 0.6) is 6.01 Å². The van der Waals surface area contributed by atoms with E-state index in [-0.39, 0.29) is 0 Å². The second kappa shape index (κ2) is 2.98. The highest BCUT2D eigenvalue weighted by Crippen LogP contribution is 2.07. The van der Waals surface area contributed by atoms with Crippen molar-refractivity contribution in [1.29, 1.82) is 0 Å². The average Bonchev–Trinajstić information content (AvgIpc) is 1.85. The molecule has 0 atom stereocenters. The smallest absolute Gasteiger partial charge is 0.295 e. The molecule has 1 aromatic rings. The van der Waals surface area contributed by atoms with E-state index in [1.54, 1.807) is 6.07 Å². The Hall–Kier alpha value is -0.610. The molecule has 0 amide bonds. The number of ether oxygens (including phenoxy) is 1. The molecule has 10 heavy (non-hydrogen) atoms. The minimum atomic E-state index is 0.331. The van der Waals surface area contributed by atoms with Gasteiger partial charge in [-0.2, -0.15) is 4.98 Å². The Kier molecular flexibility index (Phi) is 2.24. The van der Waals surface area contributed by atoms with Gasteiger partial charge in [-0.1, -0.05) is 23.8 Å². The third-order valence-electron chi connectivity index (χ3n) is 0.882. The minimum Gasteiger partial charge on any atom is -0.468 e. The molecule has 1 rings (SSSR count). The molecule has 0 fully saturated rings. The number of H-pyrrole nitrogens is 1. The summed E-state index contributed by atoms with van der Waals surface area (Å²) in [5.41, 5.74) is 0. The molecule has 0 aliphatic heterocycles. The van der Waals surface area contributed by atoms with Crippen LogP contribution < -0.4 is 4.74 Å². The first kappa shape index (κ1) is 7.50. The quantitative estimate of drug-likeness (QED) is 0.524. The molecule has 0 aliphatic carbocycles. The molecule has 1 heterocycles. The summed E-state index contributed by atoms with van der Waals surface area (Å²) < 4.78 is 5.18. The summed E-state index contributed by atoms with van der Waals surface area (Å²) in [6.07, 6.45) is 0. The van der Waals surface area contributed by atoms with Gasteiger partial charge in [-0.05, 0) is 0 Å². The maximum Gasteiger partial charge on any atom is 0.295 e. The number of aromatic amines is 1. The van der Waals surface area contributed by atoms with E-state index in [0.717, 1.165) is 0 Å². The Bertz CT molecular complexity index is 285. The third kappa shape index (κ3) is 1.68. The number of methoxy groups -OCH3 is 1. The predicted molar refractivity (Wildman–Crippen MR) is 41.0 cm³/mol. The van der Waals surface area contributed by atoms with E-state index in [1.807, 2.05) is 0 Å². The number of hydrogen-bond donors (Lipinski definition) is 1. The molecule has 3 nitrogen and oxygen atoms in total. The Balaban J connectivity index is 3.19. The van der Waals surface area contributed by atoms with Crippen LogP contribution in [0.2, 0.25) is 5.15 Å². The van der Waals surface area contributed by atoms with Crippen LogP contribution in [0.25, 0.3) is 0 Å². The Morgan fingerprint density at radius 3 is 3.00 bits per heavy atom. The van der Waals surface area contributed by atoms with Crippen molar-refractivity contribution >= 4 is 23.8 Å². The topological polar surface area (TPSA) is 37.9 Å². The molecular weight excluding hydrogens is 172 g/mol. The van der Waals surface area contributed by atoms with Crippen molar-refractivity contribution in [2.75, 3.05) is 7.11 Å². The van der Waals surface area contributed by atoms with Crippen molar-refractivity contribution in [1.82, 2.24) is 9.97 Å². The average molecular weight is 177 g/mol. The Labute approximate surface area is 68.0 Å². The van der Waals surface area contributed by atoms with Crippen LogP contribution in [0.1, 0.15) is 0 Å². The van der Waals surface area contributed by atoms with Crippen LogP contribution in [0.15, 0.2) is 6.07 Å². The maximum atomic E-state index is 5.59. The summed E-state index contributed by atoms with van der Waals surface area (Å²) in [5, 5.41) is 0.428. The zero-order valence-electron chi connectivity index (χ0n) is 5.22. The van der Waals surface area contributed by atoms with Crippen molar-refractivity contribution in [3.05, 3.63) is 15.9 Å². The molecule has 1 N–H and O–H groups in total. The summed E-state index contributed by atoms with van der Waals surface area (Å²) in [6, 6.07) is 1.87. The van der Waals surface area contributed by atoms with E-state index in [4.69, 9.17) is 28.6 Å². The minimum absolute atomic E-state index is 0.331. The molecule has 0 saturated carbocycles. The summed E-state index contributed by atoms with van der Waals surface area (Å²) in [5.74, 6) is 0. The summed E-state index contributed by atoms with van der Waals surface area (Å²) in [7, 11) is 1.49. The first-order chi connectivity index (χ1) is 4.72. The molecule has 54 valence electrons. The first-order valence-electron chi connectivity index (χ1n) is 2.53. The van der Waals surface area contributed by atoms with Crippen LogP contribution in [-0.4, -0.2) is 17.1 Å². The van der Waals surface area contributed by atoms with Crippen molar-refractivity contribution in [2.45, 2.75) is 0 Å². The van der Waals surface area contributed by atoms with Crippen LogP contribution in [0, 0.1) is 4.64 Å². The van der Waals surface area contributed by atoms with Crippen molar-refractivity contribution in [3.63, 3.8) is 0 Å². The second-order valence-electron chi connectivity index (χ2n) is 1.58. The van der Waals surface area contributed by atoms with Gasteiger partial charge in [-0.15, -0.1) is 0 Å². The summed E-state index contributed by atoms with van der Waals surface area (Å²) >= 11 is 10.3. The van der Waals surface area contributed by atoms with Crippen molar-refractivity contribution in [3.8, 4) is 6.01 Å². The van der Waals surface area contributed by atoms with E-state index >= 15 is 0 Å². The van der Waals surface area contributed by atoms with Gasteiger partial charge in [0.25, 0.3) is 6.01 Å². The lowest BCUT2D eigenvalue weighted by Gasteiger charge is -1.96. The van der Waals surface area contributed by atoms with Gasteiger partial charge in [0.15, 0.2) is 0 Å². The number of rotatable bonds is 1. The number of halogens is 1. The molecule has 0 bridgehead atoms. The Morgan fingerprint density at radius 1 is 1.80 bits per heavy atom. The Morgan fingerprint density at radius 2 is 2.50 bits per heavy atom. The largest absolute Gasteiger partial charge is 0.468 e. The molecule has 0 aliphatic rings. The van der Waals surface area contributed by atoms with Crippen molar-refractivity contribution in [2.24, 2.45) is 0 Å². The van der Waals surface area contributed by atoms with Gasteiger partial charge in [0.05, 0.1) is 7.11 Å². The van der Waals surface area contributed by atoms with Crippen LogP contribution >= 0.6 is 23.8 Å². The second-order valence-corrected chi connectivity index (χ2v) is 2.40. The van der Waals surface area contributed by atoms with E-state index < -0.39 is 0 Å². The SMILES string of the molecule is COc1nc(=S)cc(Cl)[nH]1. The first-order valence-corrected chi connectivity index (χ1v) is 3.32. The van der Waals surface area contributed by atoms with Gasteiger partial charge in [0.2, 0.25) is 0 Å². The van der Waals surface area contributed by atoms with E-state index in [9.17, 15) is 0 Å². The summed E-state index contributed by atoms with van der Waals surface area (Å²) in [4.78, 5) is 6.47. The highest BCUT2D eigenvalue weighted by molar-refractivity contribution is 7.71. The molecule has 0 unspecified atom stereocenters. The number of hydrogen-bond acceptors (Lipinski definition) is 3. The molecular formula is C5H5ClN2OS. The number of nitrogens with one attached hydrogen (secondary N) is 1. The monoisotopic (exact) mass is 176 g/mol. The van der Waals surface area contributed by atoms with Gasteiger partial charge >= 0.3 is 0 Å². The van der Waals surface area contributed by atoms with Crippen LogP contribution in [0.3, 0.4) is 0 Å². The lowest BCUT2D eigenvalue weighted by molar-refractivity contribution is 0.379. The predicted octanol–water partition coefficient (Wildman–Crippen LogP) is 1.80. The molecule has 0 radical (unpaired) electrons. The van der Waals surface area contributed by atoms with Crippen LogP contribution in [0.4, 0.5) is 0 Å². The zero-order chi connectivity index (χ0) is 7.56. The standard InChI is InChI=1S/C5H5ClN2OS/c1-9-5-7-3(6)2-4(10)8-5/h2H,1H3,(H,7,8,10). The van der Waals surface area contributed by atoms with Gasteiger partial charge in [-0.25, -0.2) is 0 Å². The molecule has 1 aromatic heterocycles. The maximum absolute atomic E-state index is 5.59. The van der Waals surface area contributed by atoms with Crippen LogP contribution in [-0.2, 0) is 0 Å². The molecule has 0 spiro atoms. The lowest BCUT2D eigenvalue weighted by Crippen LogP contribution is -1.91. The summed E-state index contributed by atoms with van der Waals surface area (Å²) in [6.45, 7) is 0. The molecule has 0 aromatic carbocycles. The normalized spacial score (nSPS) is 9.40. The number of nitrogens with zero attached hydrogens (tertiary/aromatic N) is 1. The van der Waals surface area contributed by atoms with Gasteiger partial charge in [0, 0.05) is 6.07 Å². The molecule has 0 saturated heterocycles. The fourth-order valence-corrected chi connectivity index (χ4v) is 0.953. The van der Waals surface area contributed by atoms with Gasteiger partial charge < -0.3 is 4.74 Å². The van der Waals surface area contributed by atoms with E-state index in [1.165, 1.54) is 7.11 Å². The van der Waals surface area contributed by atoms with Gasteiger partial charge in [-0.3, -0.25) is 4.98 Å². The highest BCUT2D eigenvalue weighted by atomic mass is 35.5. The number of aromatic nitrogens is 2. The van der Waals surface area contributed by atoms with E-state index in [0.29, 0.717) is 15.8 Å². The molecule has 5 heteroatoms. The highest BCUT2D eigenvalue weighted by Gasteiger charge is 1.93. The van der Waals surface area contributed by atoms with Gasteiger partial charge in [0.1, 0.15) is 9.79 Å². The fourth-order valence-electron chi connectivity index (χ4n) is 0.504. The van der Waals surface area contributed by atoms with Crippen molar-refractivity contribution < 1.29 is 4.74 Å². The zero-order valence-corrected chi connectivity index (χ0v) is 6.79. The van der Waals surface area contributed by atoms with E-state index in [2.05, 4.69) is 9.97 Å². The lowest BCUT2D eigenvalue weighted by atomic mass is 10.7.